The second-order valence-electron chi connectivity index (χ2n) is 6.78. The number of hydrogen-bond acceptors (Lipinski definition) is 2. The molecule has 0 saturated heterocycles. The van der Waals surface area contributed by atoms with Crippen LogP contribution in [0.3, 0.4) is 0 Å². The van der Waals surface area contributed by atoms with Crippen LogP contribution >= 0.6 is 11.6 Å². The van der Waals surface area contributed by atoms with Crippen LogP contribution in [0.5, 0.6) is 0 Å². The summed E-state index contributed by atoms with van der Waals surface area (Å²) in [6.07, 6.45) is 0. The molecule has 1 atom stereocenters. The lowest BCUT2D eigenvalue weighted by Crippen LogP contribution is -2.29. The molecule has 0 radical (unpaired) electrons. The summed E-state index contributed by atoms with van der Waals surface area (Å²) in [5, 5.41) is 11.2. The molecule has 0 aliphatic carbocycles. The second kappa shape index (κ2) is 7.68. The fraction of sp³-hybridized carbons (Fsp3) is 0.0870. The number of nitrogens with zero attached hydrogens (tertiary/aromatic N) is 1. The molecular formula is C23H16ClF2NO2. The number of aliphatic hydroxyl groups is 1. The van der Waals surface area contributed by atoms with Gasteiger partial charge in [-0.15, -0.1) is 0 Å². The largest absolute Gasteiger partial charge is 0.503 e. The summed E-state index contributed by atoms with van der Waals surface area (Å²) in [5.74, 6) is -1.69. The van der Waals surface area contributed by atoms with Crippen LogP contribution in [0, 0.1) is 11.6 Å². The maximum atomic E-state index is 13.5. The average Bonchev–Trinajstić information content (AvgIpc) is 2.96. The first kappa shape index (κ1) is 19.2. The third kappa shape index (κ3) is 3.74. The summed E-state index contributed by atoms with van der Waals surface area (Å²) in [6, 6.07) is 17.7. The summed E-state index contributed by atoms with van der Waals surface area (Å²) >= 11 is 5.97. The molecule has 1 amide bonds. The van der Waals surface area contributed by atoms with Crippen molar-refractivity contribution in [2.75, 3.05) is 0 Å². The minimum Gasteiger partial charge on any atom is -0.503 e. The van der Waals surface area contributed by atoms with Crippen molar-refractivity contribution in [3.63, 3.8) is 0 Å². The van der Waals surface area contributed by atoms with Crippen molar-refractivity contribution in [2.24, 2.45) is 0 Å². The van der Waals surface area contributed by atoms with Crippen LogP contribution in [-0.2, 0) is 11.3 Å². The van der Waals surface area contributed by atoms with Gasteiger partial charge in [0.2, 0.25) is 0 Å². The minimum absolute atomic E-state index is 0.155. The predicted molar refractivity (Wildman–Crippen MR) is 107 cm³/mol. The van der Waals surface area contributed by atoms with E-state index < -0.39 is 17.8 Å². The standard InChI is InChI=1S/C23H16ClF2NO2/c24-17-7-3-15(4-8-17)20-21(16-5-11-19(26)12-6-16)27(23(29)22(20)28)13-14-1-9-18(25)10-2-14/h1-12,21,28H,13H2. The van der Waals surface area contributed by atoms with E-state index in [1.807, 2.05) is 0 Å². The third-order valence-corrected chi connectivity index (χ3v) is 5.16. The van der Waals surface area contributed by atoms with Gasteiger partial charge in [-0.05, 0) is 53.1 Å². The molecule has 1 heterocycles. The second-order valence-corrected chi connectivity index (χ2v) is 7.22. The normalized spacial score (nSPS) is 16.6. The number of halogens is 3. The molecule has 0 aromatic heterocycles. The number of rotatable bonds is 4. The van der Waals surface area contributed by atoms with Gasteiger partial charge in [-0.1, -0.05) is 48.0 Å². The third-order valence-electron chi connectivity index (χ3n) is 4.91. The lowest BCUT2D eigenvalue weighted by atomic mass is 9.93. The summed E-state index contributed by atoms with van der Waals surface area (Å²) in [6.45, 7) is 0.155. The number of hydrogen-bond donors (Lipinski definition) is 1. The number of carbonyl (C=O) groups excluding carboxylic acids is 1. The van der Waals surface area contributed by atoms with Gasteiger partial charge in [-0.3, -0.25) is 4.79 Å². The molecule has 29 heavy (non-hydrogen) atoms. The Morgan fingerprint density at radius 1 is 0.862 bits per heavy atom. The Labute approximate surface area is 171 Å². The van der Waals surface area contributed by atoms with E-state index in [4.69, 9.17) is 11.6 Å². The van der Waals surface area contributed by atoms with Gasteiger partial charge in [0.05, 0.1) is 6.04 Å². The molecular weight excluding hydrogens is 396 g/mol. The lowest BCUT2D eigenvalue weighted by Gasteiger charge is -2.27. The summed E-state index contributed by atoms with van der Waals surface area (Å²) in [4.78, 5) is 14.4. The molecule has 6 heteroatoms. The van der Waals surface area contributed by atoms with E-state index in [0.29, 0.717) is 27.3 Å². The van der Waals surface area contributed by atoms with E-state index >= 15 is 0 Å². The Bertz CT molecular complexity index is 1080. The molecule has 0 bridgehead atoms. The Hall–Kier alpha value is -3.18. The Morgan fingerprint density at radius 2 is 1.41 bits per heavy atom. The lowest BCUT2D eigenvalue weighted by molar-refractivity contribution is -0.130. The topological polar surface area (TPSA) is 40.5 Å². The highest BCUT2D eigenvalue weighted by molar-refractivity contribution is 6.30. The van der Waals surface area contributed by atoms with E-state index in [2.05, 4.69) is 0 Å². The molecule has 3 nitrogen and oxygen atoms in total. The van der Waals surface area contributed by atoms with Gasteiger partial charge in [0, 0.05) is 17.1 Å². The maximum Gasteiger partial charge on any atom is 0.290 e. The molecule has 1 unspecified atom stereocenters. The molecule has 1 aliphatic heterocycles. The average molecular weight is 412 g/mol. The smallest absolute Gasteiger partial charge is 0.290 e. The fourth-order valence-corrected chi connectivity index (χ4v) is 3.65. The van der Waals surface area contributed by atoms with Crippen molar-refractivity contribution in [1.82, 2.24) is 4.90 Å². The molecule has 146 valence electrons. The van der Waals surface area contributed by atoms with E-state index in [1.165, 1.54) is 29.2 Å². The van der Waals surface area contributed by atoms with Gasteiger partial charge in [0.1, 0.15) is 11.6 Å². The van der Waals surface area contributed by atoms with Gasteiger partial charge in [-0.2, -0.15) is 0 Å². The van der Waals surface area contributed by atoms with Crippen molar-refractivity contribution in [3.8, 4) is 0 Å². The van der Waals surface area contributed by atoms with Crippen molar-refractivity contribution in [2.45, 2.75) is 12.6 Å². The van der Waals surface area contributed by atoms with Crippen molar-refractivity contribution < 1.29 is 18.7 Å². The van der Waals surface area contributed by atoms with Gasteiger partial charge in [0.15, 0.2) is 5.76 Å². The van der Waals surface area contributed by atoms with E-state index in [1.54, 1.807) is 48.5 Å². The molecule has 3 aromatic rings. The van der Waals surface area contributed by atoms with Crippen LogP contribution in [0.4, 0.5) is 8.78 Å². The number of carbonyl (C=O) groups is 1. The Balaban J connectivity index is 1.80. The number of benzene rings is 3. The monoisotopic (exact) mass is 411 g/mol. The number of aliphatic hydroxyl groups excluding tert-OH is 1. The van der Waals surface area contributed by atoms with E-state index in [0.717, 1.165) is 0 Å². The first-order valence-corrected chi connectivity index (χ1v) is 9.32. The predicted octanol–water partition coefficient (Wildman–Crippen LogP) is 5.67. The van der Waals surface area contributed by atoms with Crippen LogP contribution < -0.4 is 0 Å². The molecule has 0 fully saturated rings. The maximum absolute atomic E-state index is 13.5. The van der Waals surface area contributed by atoms with Gasteiger partial charge in [-0.25, -0.2) is 8.78 Å². The van der Waals surface area contributed by atoms with Gasteiger partial charge < -0.3 is 10.0 Å². The zero-order valence-electron chi connectivity index (χ0n) is 15.1. The van der Waals surface area contributed by atoms with Crippen LogP contribution in [0.2, 0.25) is 5.02 Å². The molecule has 3 aromatic carbocycles. The SMILES string of the molecule is O=C1C(O)=C(c2ccc(Cl)cc2)C(c2ccc(F)cc2)N1Cc1ccc(F)cc1. The van der Waals surface area contributed by atoms with Crippen LogP contribution in [0.25, 0.3) is 5.57 Å². The molecule has 1 N–H and O–H groups in total. The van der Waals surface area contributed by atoms with Gasteiger partial charge >= 0.3 is 0 Å². The Kier molecular flexibility index (Phi) is 5.07. The first-order chi connectivity index (χ1) is 13.9. The zero-order valence-corrected chi connectivity index (χ0v) is 15.9. The highest BCUT2D eigenvalue weighted by Crippen LogP contribution is 2.43. The highest BCUT2D eigenvalue weighted by Gasteiger charge is 2.41. The molecule has 0 spiro atoms. The first-order valence-electron chi connectivity index (χ1n) is 8.94. The van der Waals surface area contributed by atoms with Gasteiger partial charge in [0.25, 0.3) is 5.91 Å². The van der Waals surface area contributed by atoms with Crippen LogP contribution in [0.15, 0.2) is 78.6 Å². The fourth-order valence-electron chi connectivity index (χ4n) is 3.52. The van der Waals surface area contributed by atoms with Crippen LogP contribution in [-0.4, -0.2) is 15.9 Å². The van der Waals surface area contributed by atoms with Crippen LogP contribution in [0.1, 0.15) is 22.7 Å². The summed E-state index contributed by atoms with van der Waals surface area (Å²) in [5.41, 5.74) is 2.41. The minimum atomic E-state index is -0.630. The Morgan fingerprint density at radius 3 is 2.00 bits per heavy atom. The highest BCUT2D eigenvalue weighted by atomic mass is 35.5. The molecule has 0 saturated carbocycles. The molecule has 4 rings (SSSR count). The number of amides is 1. The molecule has 1 aliphatic rings. The quantitative estimate of drug-likeness (QED) is 0.600. The summed E-state index contributed by atoms with van der Waals surface area (Å²) in [7, 11) is 0. The summed E-state index contributed by atoms with van der Waals surface area (Å²) < 4.78 is 26.7. The van der Waals surface area contributed by atoms with Crippen molar-refractivity contribution in [1.29, 1.82) is 0 Å². The van der Waals surface area contributed by atoms with Crippen molar-refractivity contribution in [3.05, 3.63) is 112 Å². The van der Waals surface area contributed by atoms with E-state index in [9.17, 15) is 18.7 Å². The zero-order chi connectivity index (χ0) is 20.5. The van der Waals surface area contributed by atoms with Crippen molar-refractivity contribution >= 4 is 23.1 Å². The van der Waals surface area contributed by atoms with E-state index in [-0.39, 0.29) is 18.1 Å².